The van der Waals surface area contributed by atoms with Crippen molar-refractivity contribution in [3.8, 4) is 11.3 Å². The Bertz CT molecular complexity index is 1520. The molecule has 0 spiro atoms. The largest absolute Gasteiger partial charge is 0.455 e. The number of aryl methyl sites for hydroxylation is 1. The number of nitrogens with zero attached hydrogens (tertiary/aromatic N) is 3. The molecule has 184 valence electrons. The molecular weight excluding hydrogens is 482 g/mol. The van der Waals surface area contributed by atoms with Gasteiger partial charge in [-0.25, -0.2) is 4.98 Å². The van der Waals surface area contributed by atoms with Crippen molar-refractivity contribution in [2.45, 2.75) is 26.8 Å². The third-order valence-corrected chi connectivity index (χ3v) is 5.88. The van der Waals surface area contributed by atoms with Crippen LogP contribution in [0.4, 0.5) is 5.69 Å². The minimum absolute atomic E-state index is 0.100. The number of aliphatic imine (C=N–C) groups is 1. The van der Waals surface area contributed by atoms with Crippen LogP contribution in [0.25, 0.3) is 22.3 Å². The zero-order chi connectivity index (χ0) is 25.8. The van der Waals surface area contributed by atoms with Gasteiger partial charge in [0.2, 0.25) is 0 Å². The standard InChI is InChI=1S/C26H24ClN5O4/c1-14-10-18(16(3)30-20-7-8-21(27)31-22(20)26(28-4)32-35-13-33)25-19(11-14)23(34)15(2)24(36-25)17-6-5-9-29-12-17/h5-13,16,30H,1-4H3,(H,28,32). The number of rotatable bonds is 7. The molecule has 0 aliphatic rings. The molecular formula is C26H24ClN5O4. The van der Waals surface area contributed by atoms with Crippen LogP contribution >= 0.6 is 11.6 Å². The number of fused-ring (bicyclic) bond motifs is 1. The highest BCUT2D eigenvalue weighted by atomic mass is 35.5. The van der Waals surface area contributed by atoms with Crippen LogP contribution in [0, 0.1) is 13.8 Å². The average molecular weight is 506 g/mol. The predicted octanol–water partition coefficient (Wildman–Crippen LogP) is 4.75. The molecule has 0 fully saturated rings. The molecule has 2 N–H and O–H groups in total. The Hall–Kier alpha value is -4.24. The highest BCUT2D eigenvalue weighted by molar-refractivity contribution is 6.29. The monoisotopic (exact) mass is 505 g/mol. The first-order chi connectivity index (χ1) is 17.3. The van der Waals surface area contributed by atoms with Crippen molar-refractivity contribution >= 4 is 40.6 Å². The fourth-order valence-electron chi connectivity index (χ4n) is 3.98. The average Bonchev–Trinajstić information content (AvgIpc) is 2.88. The molecule has 9 nitrogen and oxygen atoms in total. The topological polar surface area (TPSA) is 119 Å². The number of aromatic nitrogens is 2. The number of hydroxylamine groups is 1. The van der Waals surface area contributed by atoms with E-state index >= 15 is 0 Å². The van der Waals surface area contributed by atoms with Crippen LogP contribution in [0.15, 0.2) is 63.0 Å². The zero-order valence-electron chi connectivity index (χ0n) is 20.1. The van der Waals surface area contributed by atoms with E-state index in [2.05, 4.69) is 30.6 Å². The van der Waals surface area contributed by atoms with E-state index in [1.165, 1.54) is 7.05 Å². The van der Waals surface area contributed by atoms with Crippen molar-refractivity contribution in [2.24, 2.45) is 4.99 Å². The molecule has 1 unspecified atom stereocenters. The lowest BCUT2D eigenvalue weighted by molar-refractivity contribution is -0.132. The summed E-state index contributed by atoms with van der Waals surface area (Å²) in [6, 6.07) is 10.5. The van der Waals surface area contributed by atoms with Crippen LogP contribution in [0.5, 0.6) is 0 Å². The van der Waals surface area contributed by atoms with Crippen molar-refractivity contribution < 1.29 is 14.0 Å². The van der Waals surface area contributed by atoms with Crippen molar-refractivity contribution in [2.75, 3.05) is 12.4 Å². The van der Waals surface area contributed by atoms with Crippen molar-refractivity contribution in [1.82, 2.24) is 15.4 Å². The van der Waals surface area contributed by atoms with Crippen LogP contribution in [0.1, 0.15) is 35.3 Å². The summed E-state index contributed by atoms with van der Waals surface area (Å²) in [5, 5.41) is 4.13. The smallest absolute Gasteiger partial charge is 0.320 e. The molecule has 3 heterocycles. The van der Waals surface area contributed by atoms with Gasteiger partial charge in [-0.1, -0.05) is 17.7 Å². The van der Waals surface area contributed by atoms with Gasteiger partial charge in [-0.2, -0.15) is 5.48 Å². The third-order valence-electron chi connectivity index (χ3n) is 5.67. The van der Waals surface area contributed by atoms with Gasteiger partial charge < -0.3 is 14.6 Å². The first-order valence-electron chi connectivity index (χ1n) is 11.1. The molecule has 0 aliphatic carbocycles. The van der Waals surface area contributed by atoms with E-state index in [1.807, 2.05) is 32.0 Å². The molecule has 0 aliphatic heterocycles. The number of amidine groups is 1. The number of benzene rings is 1. The maximum absolute atomic E-state index is 13.3. The van der Waals surface area contributed by atoms with Crippen molar-refractivity contribution in [3.63, 3.8) is 0 Å². The summed E-state index contributed by atoms with van der Waals surface area (Å²) in [7, 11) is 1.53. The van der Waals surface area contributed by atoms with E-state index in [4.69, 9.17) is 16.0 Å². The molecule has 4 rings (SSSR count). The molecule has 36 heavy (non-hydrogen) atoms. The maximum atomic E-state index is 13.3. The van der Waals surface area contributed by atoms with Gasteiger partial charge >= 0.3 is 6.47 Å². The number of hydrogen-bond donors (Lipinski definition) is 2. The Balaban J connectivity index is 1.83. The summed E-state index contributed by atoms with van der Waals surface area (Å²) < 4.78 is 6.36. The first kappa shape index (κ1) is 24.9. The number of anilines is 1. The van der Waals surface area contributed by atoms with E-state index in [9.17, 15) is 9.59 Å². The maximum Gasteiger partial charge on any atom is 0.320 e. The third kappa shape index (κ3) is 4.92. The van der Waals surface area contributed by atoms with Crippen LogP contribution in [-0.4, -0.2) is 29.3 Å². The molecule has 1 aromatic carbocycles. The summed E-state index contributed by atoms with van der Waals surface area (Å²) in [6.07, 6.45) is 3.33. The SMILES string of the molecule is CN=C(NOC=O)c1nc(Cl)ccc1NC(C)c1cc(C)cc2c(=O)c(C)c(-c3cccnc3)oc12. The molecule has 0 amide bonds. The second-order valence-electron chi connectivity index (χ2n) is 8.14. The Morgan fingerprint density at radius 1 is 1.25 bits per heavy atom. The predicted molar refractivity (Wildman–Crippen MR) is 139 cm³/mol. The Labute approximate surface area is 212 Å². The van der Waals surface area contributed by atoms with Gasteiger partial charge in [-0.3, -0.25) is 19.6 Å². The first-order valence-corrected chi connectivity index (χ1v) is 11.5. The van der Waals surface area contributed by atoms with Crippen LogP contribution in [0.3, 0.4) is 0 Å². The minimum Gasteiger partial charge on any atom is -0.455 e. The zero-order valence-corrected chi connectivity index (χ0v) is 20.9. The molecule has 0 saturated carbocycles. The second kappa shape index (κ2) is 10.6. The Kier molecular flexibility index (Phi) is 7.30. The summed E-state index contributed by atoms with van der Waals surface area (Å²) >= 11 is 6.13. The summed E-state index contributed by atoms with van der Waals surface area (Å²) in [5.41, 5.74) is 6.68. The molecule has 0 radical (unpaired) electrons. The van der Waals surface area contributed by atoms with E-state index in [-0.39, 0.29) is 28.9 Å². The van der Waals surface area contributed by atoms with Gasteiger partial charge in [0.05, 0.1) is 17.1 Å². The Morgan fingerprint density at radius 2 is 2.06 bits per heavy atom. The van der Waals surface area contributed by atoms with E-state index in [0.29, 0.717) is 33.7 Å². The lowest BCUT2D eigenvalue weighted by Gasteiger charge is -2.20. The van der Waals surface area contributed by atoms with Gasteiger partial charge in [0.15, 0.2) is 11.3 Å². The fraction of sp³-hybridized carbons (Fsp3) is 0.192. The van der Waals surface area contributed by atoms with Gasteiger partial charge in [0.25, 0.3) is 0 Å². The van der Waals surface area contributed by atoms with Crippen LogP contribution in [-0.2, 0) is 9.63 Å². The van der Waals surface area contributed by atoms with Crippen molar-refractivity contribution in [3.05, 3.63) is 86.6 Å². The van der Waals surface area contributed by atoms with Gasteiger partial charge in [0, 0.05) is 36.1 Å². The number of carbonyl (C=O) groups is 1. The van der Waals surface area contributed by atoms with E-state index in [1.54, 1.807) is 37.5 Å². The molecule has 4 aromatic rings. The van der Waals surface area contributed by atoms with Crippen LogP contribution in [0.2, 0.25) is 5.15 Å². The lowest BCUT2D eigenvalue weighted by atomic mass is 9.99. The number of nitrogens with one attached hydrogen (secondary N) is 2. The highest BCUT2D eigenvalue weighted by Crippen LogP contribution is 2.32. The van der Waals surface area contributed by atoms with Gasteiger partial charge in [-0.05, 0) is 56.7 Å². The molecule has 0 bridgehead atoms. The quantitative estimate of drug-likeness (QED) is 0.121. The molecule has 1 atom stereocenters. The normalized spacial score (nSPS) is 12.3. The number of halogens is 1. The fourth-order valence-corrected chi connectivity index (χ4v) is 4.13. The number of hydrogen-bond acceptors (Lipinski definition) is 8. The summed E-state index contributed by atoms with van der Waals surface area (Å²) in [6.45, 7) is 5.86. The molecule has 3 aromatic heterocycles. The van der Waals surface area contributed by atoms with Gasteiger partial charge in [0.1, 0.15) is 22.2 Å². The second-order valence-corrected chi connectivity index (χ2v) is 8.53. The summed E-state index contributed by atoms with van der Waals surface area (Å²) in [5.74, 6) is 0.678. The van der Waals surface area contributed by atoms with E-state index in [0.717, 1.165) is 16.7 Å². The van der Waals surface area contributed by atoms with E-state index < -0.39 is 0 Å². The van der Waals surface area contributed by atoms with Crippen LogP contribution < -0.4 is 16.2 Å². The number of carbonyl (C=O) groups excluding carboxylic acids is 1. The number of pyridine rings is 2. The summed E-state index contributed by atoms with van der Waals surface area (Å²) in [4.78, 5) is 41.3. The highest BCUT2D eigenvalue weighted by Gasteiger charge is 2.21. The van der Waals surface area contributed by atoms with Gasteiger partial charge in [-0.15, -0.1) is 0 Å². The van der Waals surface area contributed by atoms with Crippen molar-refractivity contribution in [1.29, 1.82) is 0 Å². The molecule has 0 saturated heterocycles. The lowest BCUT2D eigenvalue weighted by Crippen LogP contribution is -2.27. The molecule has 10 heteroatoms. The Morgan fingerprint density at radius 3 is 2.75 bits per heavy atom. The minimum atomic E-state index is -0.327.